The maximum atomic E-state index is 3.55. The Hall–Kier alpha value is -0.820. The number of hydrogen-bond acceptors (Lipinski definition) is 1. The molecule has 0 heterocycles. The Labute approximate surface area is 100 Å². The minimum absolute atomic E-state index is 0.574. The van der Waals surface area contributed by atoms with E-state index in [1.165, 1.54) is 11.1 Å². The van der Waals surface area contributed by atoms with Crippen LogP contribution in [0.2, 0.25) is 0 Å². The fraction of sp³-hybridized carbons (Fsp3) is 0.600. The number of nitrogens with one attached hydrogen (secondary N) is 1. The molecule has 1 rings (SSSR count). The molecule has 1 atom stereocenters. The van der Waals surface area contributed by atoms with E-state index in [0.29, 0.717) is 17.9 Å². The summed E-state index contributed by atoms with van der Waals surface area (Å²) in [6.07, 6.45) is 0. The van der Waals surface area contributed by atoms with Gasteiger partial charge in [0.05, 0.1) is 0 Å². The van der Waals surface area contributed by atoms with Gasteiger partial charge in [0.2, 0.25) is 0 Å². The van der Waals surface area contributed by atoms with Gasteiger partial charge in [0, 0.05) is 12.6 Å². The molecule has 0 saturated carbocycles. The summed E-state index contributed by atoms with van der Waals surface area (Å²) < 4.78 is 0. The van der Waals surface area contributed by atoms with Gasteiger partial charge < -0.3 is 5.32 Å². The van der Waals surface area contributed by atoms with Crippen molar-refractivity contribution in [3.8, 4) is 0 Å². The van der Waals surface area contributed by atoms with E-state index < -0.39 is 0 Å². The van der Waals surface area contributed by atoms with Crippen molar-refractivity contribution in [2.75, 3.05) is 0 Å². The Morgan fingerprint density at radius 3 is 1.94 bits per heavy atom. The van der Waals surface area contributed by atoms with Gasteiger partial charge in [-0.1, -0.05) is 52.0 Å². The summed E-state index contributed by atoms with van der Waals surface area (Å²) in [5.74, 6) is 1.31. The van der Waals surface area contributed by atoms with Gasteiger partial charge >= 0.3 is 0 Å². The predicted molar refractivity (Wildman–Crippen MR) is 71.7 cm³/mol. The van der Waals surface area contributed by atoms with Crippen LogP contribution in [0, 0.1) is 5.92 Å². The fourth-order valence-corrected chi connectivity index (χ4v) is 1.53. The van der Waals surface area contributed by atoms with Crippen LogP contribution in [0.4, 0.5) is 0 Å². The molecule has 1 heteroatoms. The minimum Gasteiger partial charge on any atom is -0.310 e. The van der Waals surface area contributed by atoms with Crippen LogP contribution in [-0.4, -0.2) is 6.04 Å². The second kappa shape index (κ2) is 6.05. The molecule has 0 spiro atoms. The Bertz CT molecular complexity index is 298. The Balaban J connectivity index is 2.49. The number of rotatable bonds is 5. The highest BCUT2D eigenvalue weighted by molar-refractivity contribution is 5.24. The van der Waals surface area contributed by atoms with Gasteiger partial charge in [0.25, 0.3) is 0 Å². The standard InChI is InChI=1S/C15H25N/c1-11(2)13(5)16-10-14-6-8-15(9-7-14)12(3)4/h6-9,11-13,16H,10H2,1-5H3. The first kappa shape index (κ1) is 13.2. The highest BCUT2D eigenvalue weighted by Gasteiger charge is 2.05. The molecule has 16 heavy (non-hydrogen) atoms. The Kier molecular flexibility index (Phi) is 5.01. The first-order valence-corrected chi connectivity index (χ1v) is 6.33. The molecule has 0 saturated heterocycles. The van der Waals surface area contributed by atoms with Crippen LogP contribution in [-0.2, 0) is 6.54 Å². The monoisotopic (exact) mass is 219 g/mol. The molecular weight excluding hydrogens is 194 g/mol. The number of benzene rings is 1. The molecule has 0 aliphatic carbocycles. The molecule has 0 radical (unpaired) electrons. The SMILES string of the molecule is CC(C)c1ccc(CNC(C)C(C)C)cc1. The summed E-state index contributed by atoms with van der Waals surface area (Å²) in [6, 6.07) is 9.51. The van der Waals surface area contributed by atoms with E-state index in [-0.39, 0.29) is 0 Å². The first-order valence-electron chi connectivity index (χ1n) is 6.33. The lowest BCUT2D eigenvalue weighted by molar-refractivity contribution is 0.426. The quantitative estimate of drug-likeness (QED) is 0.791. The van der Waals surface area contributed by atoms with E-state index in [9.17, 15) is 0 Å². The van der Waals surface area contributed by atoms with Crippen molar-refractivity contribution >= 4 is 0 Å². The maximum absolute atomic E-state index is 3.55. The third-order valence-electron chi connectivity index (χ3n) is 3.27. The van der Waals surface area contributed by atoms with E-state index in [4.69, 9.17) is 0 Å². The molecule has 1 nitrogen and oxygen atoms in total. The van der Waals surface area contributed by atoms with Crippen LogP contribution in [0.1, 0.15) is 51.7 Å². The van der Waals surface area contributed by atoms with Crippen molar-refractivity contribution in [2.45, 2.75) is 53.1 Å². The lowest BCUT2D eigenvalue weighted by Gasteiger charge is -2.17. The molecule has 1 unspecified atom stereocenters. The predicted octanol–water partition coefficient (Wildman–Crippen LogP) is 3.94. The van der Waals surface area contributed by atoms with Crippen LogP contribution in [0.3, 0.4) is 0 Å². The van der Waals surface area contributed by atoms with E-state index >= 15 is 0 Å². The lowest BCUT2D eigenvalue weighted by atomic mass is 10.0. The molecule has 0 aromatic heterocycles. The van der Waals surface area contributed by atoms with Crippen molar-refractivity contribution < 1.29 is 0 Å². The lowest BCUT2D eigenvalue weighted by Crippen LogP contribution is -2.30. The average molecular weight is 219 g/mol. The first-order chi connectivity index (χ1) is 7.50. The number of hydrogen-bond donors (Lipinski definition) is 1. The molecule has 1 aromatic carbocycles. The van der Waals surface area contributed by atoms with Gasteiger partial charge in [-0.15, -0.1) is 0 Å². The summed E-state index contributed by atoms with van der Waals surface area (Å²) in [6.45, 7) is 12.2. The highest BCUT2D eigenvalue weighted by atomic mass is 14.9. The molecule has 0 aliphatic rings. The van der Waals surface area contributed by atoms with E-state index in [1.54, 1.807) is 0 Å². The Morgan fingerprint density at radius 2 is 1.50 bits per heavy atom. The van der Waals surface area contributed by atoms with Crippen LogP contribution in [0.25, 0.3) is 0 Å². The van der Waals surface area contributed by atoms with Crippen LogP contribution in [0.5, 0.6) is 0 Å². The largest absolute Gasteiger partial charge is 0.310 e. The molecule has 0 fully saturated rings. The van der Waals surface area contributed by atoms with E-state index in [0.717, 1.165) is 6.54 Å². The molecule has 0 amide bonds. The molecule has 0 aliphatic heterocycles. The summed E-state index contributed by atoms with van der Waals surface area (Å²) in [5.41, 5.74) is 2.79. The average Bonchev–Trinajstić information content (AvgIpc) is 2.26. The zero-order chi connectivity index (χ0) is 12.1. The molecule has 1 aromatic rings. The molecule has 90 valence electrons. The smallest absolute Gasteiger partial charge is 0.0208 e. The summed E-state index contributed by atoms with van der Waals surface area (Å²) in [4.78, 5) is 0. The van der Waals surface area contributed by atoms with Gasteiger partial charge in [-0.05, 0) is 29.9 Å². The Morgan fingerprint density at radius 1 is 0.938 bits per heavy atom. The zero-order valence-electron chi connectivity index (χ0n) is 11.2. The van der Waals surface area contributed by atoms with Crippen molar-refractivity contribution in [2.24, 2.45) is 5.92 Å². The summed E-state index contributed by atoms with van der Waals surface area (Å²) >= 11 is 0. The molecule has 0 bridgehead atoms. The van der Waals surface area contributed by atoms with Gasteiger partial charge in [0.1, 0.15) is 0 Å². The van der Waals surface area contributed by atoms with Crippen LogP contribution in [0.15, 0.2) is 24.3 Å². The third-order valence-corrected chi connectivity index (χ3v) is 3.27. The normalized spacial score (nSPS) is 13.4. The topological polar surface area (TPSA) is 12.0 Å². The second-order valence-electron chi connectivity index (χ2n) is 5.31. The van der Waals surface area contributed by atoms with Gasteiger partial charge in [-0.3, -0.25) is 0 Å². The maximum Gasteiger partial charge on any atom is 0.0208 e. The third kappa shape index (κ3) is 3.97. The summed E-state index contributed by atoms with van der Waals surface area (Å²) in [5, 5.41) is 3.55. The van der Waals surface area contributed by atoms with Gasteiger partial charge in [0.15, 0.2) is 0 Å². The van der Waals surface area contributed by atoms with Crippen molar-refractivity contribution in [1.82, 2.24) is 5.32 Å². The van der Waals surface area contributed by atoms with E-state index in [1.807, 2.05) is 0 Å². The van der Waals surface area contributed by atoms with Gasteiger partial charge in [-0.2, -0.15) is 0 Å². The van der Waals surface area contributed by atoms with Crippen LogP contribution >= 0.6 is 0 Å². The van der Waals surface area contributed by atoms with Crippen molar-refractivity contribution in [3.63, 3.8) is 0 Å². The summed E-state index contributed by atoms with van der Waals surface area (Å²) in [7, 11) is 0. The zero-order valence-corrected chi connectivity index (χ0v) is 11.2. The molecule has 1 N–H and O–H groups in total. The van der Waals surface area contributed by atoms with Crippen LogP contribution < -0.4 is 5.32 Å². The van der Waals surface area contributed by atoms with E-state index in [2.05, 4.69) is 64.2 Å². The van der Waals surface area contributed by atoms with Crippen molar-refractivity contribution in [3.05, 3.63) is 35.4 Å². The minimum atomic E-state index is 0.574. The fourth-order valence-electron chi connectivity index (χ4n) is 1.53. The van der Waals surface area contributed by atoms with Gasteiger partial charge in [-0.25, -0.2) is 0 Å². The van der Waals surface area contributed by atoms with Crippen molar-refractivity contribution in [1.29, 1.82) is 0 Å². The highest BCUT2D eigenvalue weighted by Crippen LogP contribution is 2.14. The second-order valence-corrected chi connectivity index (χ2v) is 5.31. The molecular formula is C15H25N.